The van der Waals surface area contributed by atoms with Crippen LogP contribution in [0, 0.1) is 5.41 Å². The molecule has 0 saturated heterocycles. The summed E-state index contributed by atoms with van der Waals surface area (Å²) in [6.07, 6.45) is -3.97. The van der Waals surface area contributed by atoms with E-state index in [1.807, 2.05) is 20.8 Å². The van der Waals surface area contributed by atoms with Crippen LogP contribution >= 0.6 is 0 Å². The van der Waals surface area contributed by atoms with Crippen LogP contribution in [0.3, 0.4) is 0 Å². The minimum absolute atomic E-state index is 0.173. The second kappa shape index (κ2) is 8.12. The lowest BCUT2D eigenvalue weighted by molar-refractivity contribution is -0.274. The molecular weight excluding hydrogens is 423 g/mol. The Balaban J connectivity index is 1.92. The Morgan fingerprint density at radius 3 is 2.53 bits per heavy atom. The predicted molar refractivity (Wildman–Crippen MR) is 104 cm³/mol. The summed E-state index contributed by atoms with van der Waals surface area (Å²) >= 11 is -1.43. The molecule has 168 valence electrons. The Morgan fingerprint density at radius 1 is 1.33 bits per heavy atom. The van der Waals surface area contributed by atoms with Crippen molar-refractivity contribution in [2.45, 2.75) is 70.2 Å². The van der Waals surface area contributed by atoms with Crippen LogP contribution in [0.4, 0.5) is 13.2 Å². The van der Waals surface area contributed by atoms with Gasteiger partial charge in [0.05, 0.1) is 12.6 Å². The summed E-state index contributed by atoms with van der Waals surface area (Å²) in [7, 11) is 0. The molecule has 0 radical (unpaired) electrons. The average Bonchev–Trinajstić information content (AvgIpc) is 3.41. The first-order chi connectivity index (χ1) is 13.9. The summed E-state index contributed by atoms with van der Waals surface area (Å²) < 4.78 is 68.3. The molecule has 3 rings (SSSR count). The number of alkyl halides is 3. The normalized spacial score (nSPS) is 23.7. The van der Waals surface area contributed by atoms with Crippen molar-refractivity contribution in [1.82, 2.24) is 4.72 Å². The van der Waals surface area contributed by atoms with Gasteiger partial charge in [-0.1, -0.05) is 0 Å². The van der Waals surface area contributed by atoms with Gasteiger partial charge in [-0.25, -0.2) is 0 Å². The van der Waals surface area contributed by atoms with E-state index in [4.69, 9.17) is 9.47 Å². The molecule has 1 unspecified atom stereocenters. The van der Waals surface area contributed by atoms with Gasteiger partial charge in [-0.2, -0.15) is 0 Å². The summed E-state index contributed by atoms with van der Waals surface area (Å²) in [4.78, 5) is 12.5. The van der Waals surface area contributed by atoms with Crippen molar-refractivity contribution in [2.24, 2.45) is 5.41 Å². The van der Waals surface area contributed by atoms with Gasteiger partial charge < -0.3 is 18.8 Å². The van der Waals surface area contributed by atoms with Crippen molar-refractivity contribution < 1.29 is 36.7 Å². The molecule has 2 aliphatic rings. The molecular formula is C20H26F3NO5S. The highest BCUT2D eigenvalue weighted by atomic mass is 32.2. The standard InChI is InChI=1S/C20H26F3NO5S/c1-5-27-17(25)19(8-9-19)16-11-14(24-30(26)18(2,3)4)13-7-6-12(10-15(13)28-16)29-20(21,22)23/h6-7,10,14,16,24H,5,8-9,11H2,1-4H3/t14-,16-,30?/m0/s1. The molecule has 1 aromatic rings. The smallest absolute Gasteiger partial charge is 0.573 e. The highest BCUT2D eigenvalue weighted by molar-refractivity contribution is 7.90. The van der Waals surface area contributed by atoms with E-state index in [0.29, 0.717) is 24.8 Å². The number of benzene rings is 1. The molecule has 1 aromatic carbocycles. The molecule has 0 amide bonds. The number of esters is 1. The van der Waals surface area contributed by atoms with E-state index in [0.717, 1.165) is 6.07 Å². The van der Waals surface area contributed by atoms with Gasteiger partial charge in [0.25, 0.3) is 0 Å². The number of halogens is 3. The van der Waals surface area contributed by atoms with E-state index >= 15 is 0 Å². The molecule has 0 aromatic heterocycles. The molecule has 6 nitrogen and oxygen atoms in total. The number of rotatable bonds is 6. The largest absolute Gasteiger partial charge is 0.598 e. The molecule has 1 aliphatic carbocycles. The van der Waals surface area contributed by atoms with Crippen molar-refractivity contribution in [3.05, 3.63) is 23.8 Å². The third-order valence-corrected chi connectivity index (χ3v) is 6.82. The molecule has 1 fully saturated rings. The summed E-state index contributed by atoms with van der Waals surface area (Å²) in [5, 5.41) is 0. The number of carbonyl (C=O) groups is 1. The van der Waals surface area contributed by atoms with Crippen molar-refractivity contribution in [3.63, 3.8) is 0 Å². The zero-order chi connectivity index (χ0) is 22.3. The second-order valence-corrected chi connectivity index (χ2v) is 10.5. The fraction of sp³-hybridized carbons (Fsp3) is 0.650. The zero-order valence-electron chi connectivity index (χ0n) is 17.3. The SMILES string of the molecule is CCOC(=O)C1([C@@H]2C[C@H](N[S+]([O-])C(C)(C)C)c3ccc(OC(F)(F)F)cc3O2)CC1. The monoisotopic (exact) mass is 449 g/mol. The molecule has 1 aliphatic heterocycles. The maximum absolute atomic E-state index is 12.7. The van der Waals surface area contributed by atoms with E-state index in [9.17, 15) is 22.5 Å². The summed E-state index contributed by atoms with van der Waals surface area (Å²) in [6.45, 7) is 7.38. The van der Waals surface area contributed by atoms with Gasteiger partial charge >= 0.3 is 12.3 Å². The van der Waals surface area contributed by atoms with E-state index in [1.54, 1.807) is 6.92 Å². The predicted octanol–water partition coefficient (Wildman–Crippen LogP) is 4.17. The number of nitrogens with one attached hydrogen (secondary N) is 1. The van der Waals surface area contributed by atoms with Crippen LogP contribution in [-0.2, 0) is 20.9 Å². The van der Waals surface area contributed by atoms with Gasteiger partial charge in [0.2, 0.25) is 0 Å². The third kappa shape index (κ3) is 4.97. The van der Waals surface area contributed by atoms with E-state index < -0.39 is 45.8 Å². The first kappa shape index (κ1) is 23.0. The van der Waals surface area contributed by atoms with E-state index in [-0.39, 0.29) is 18.3 Å². The lowest BCUT2D eigenvalue weighted by atomic mass is 9.88. The Kier molecular flexibility index (Phi) is 6.23. The minimum atomic E-state index is -4.84. The molecule has 3 atom stereocenters. The van der Waals surface area contributed by atoms with Crippen molar-refractivity contribution in [2.75, 3.05) is 6.61 Å². The number of fused-ring (bicyclic) bond motifs is 1. The van der Waals surface area contributed by atoms with Crippen molar-refractivity contribution >= 4 is 17.3 Å². The fourth-order valence-electron chi connectivity index (χ4n) is 3.47. The molecule has 1 N–H and O–H groups in total. The zero-order valence-corrected chi connectivity index (χ0v) is 18.1. The Labute approximate surface area is 176 Å². The van der Waals surface area contributed by atoms with Crippen LogP contribution in [0.25, 0.3) is 0 Å². The van der Waals surface area contributed by atoms with E-state index in [2.05, 4.69) is 9.46 Å². The second-order valence-electron chi connectivity index (χ2n) is 8.52. The summed E-state index contributed by atoms with van der Waals surface area (Å²) in [5.74, 6) is -0.623. The number of ether oxygens (including phenoxy) is 3. The van der Waals surface area contributed by atoms with Crippen LogP contribution < -0.4 is 14.2 Å². The third-order valence-electron chi connectivity index (χ3n) is 5.21. The highest BCUT2D eigenvalue weighted by Gasteiger charge is 2.60. The lowest BCUT2D eigenvalue weighted by Gasteiger charge is -2.37. The van der Waals surface area contributed by atoms with E-state index in [1.165, 1.54) is 12.1 Å². The van der Waals surface area contributed by atoms with Crippen LogP contribution in [-0.4, -0.2) is 34.3 Å². The van der Waals surface area contributed by atoms with Gasteiger partial charge in [0.15, 0.2) is 0 Å². The van der Waals surface area contributed by atoms with Crippen LogP contribution in [0.2, 0.25) is 0 Å². The number of carbonyl (C=O) groups excluding carboxylic acids is 1. The van der Waals surface area contributed by atoms with Crippen LogP contribution in [0.5, 0.6) is 11.5 Å². The molecule has 1 saturated carbocycles. The summed E-state index contributed by atoms with van der Waals surface area (Å²) in [5.41, 5.74) is -0.268. The number of hydrogen-bond acceptors (Lipinski definition) is 6. The number of hydrogen-bond donors (Lipinski definition) is 1. The van der Waals surface area contributed by atoms with Crippen molar-refractivity contribution in [1.29, 1.82) is 0 Å². The van der Waals surface area contributed by atoms with Crippen LogP contribution in [0.15, 0.2) is 18.2 Å². The Morgan fingerprint density at radius 2 is 2.00 bits per heavy atom. The summed E-state index contributed by atoms with van der Waals surface area (Å²) in [6, 6.07) is 3.35. The first-order valence-electron chi connectivity index (χ1n) is 9.77. The quantitative estimate of drug-likeness (QED) is 0.519. The Hall–Kier alpha value is -1.65. The topological polar surface area (TPSA) is 79.9 Å². The molecule has 1 heterocycles. The maximum atomic E-state index is 12.7. The first-order valence-corrected chi connectivity index (χ1v) is 10.9. The fourth-order valence-corrected chi connectivity index (χ4v) is 4.30. The van der Waals surface area contributed by atoms with Crippen LogP contribution in [0.1, 0.15) is 58.6 Å². The molecule has 0 spiro atoms. The Bertz CT molecular complexity index is 792. The lowest BCUT2D eigenvalue weighted by Crippen LogP contribution is -2.46. The maximum Gasteiger partial charge on any atom is 0.573 e. The van der Waals surface area contributed by atoms with Gasteiger partial charge in [0, 0.05) is 29.4 Å². The van der Waals surface area contributed by atoms with Gasteiger partial charge in [0.1, 0.15) is 27.8 Å². The molecule has 30 heavy (non-hydrogen) atoms. The minimum Gasteiger partial charge on any atom is -0.598 e. The highest BCUT2D eigenvalue weighted by Crippen LogP contribution is 2.55. The van der Waals surface area contributed by atoms with Gasteiger partial charge in [-0.15, -0.1) is 17.9 Å². The van der Waals surface area contributed by atoms with Gasteiger partial charge in [-0.05, 0) is 52.7 Å². The van der Waals surface area contributed by atoms with Crippen molar-refractivity contribution in [3.8, 4) is 11.5 Å². The van der Waals surface area contributed by atoms with Gasteiger partial charge in [-0.3, -0.25) is 4.79 Å². The molecule has 0 bridgehead atoms. The molecule has 10 heteroatoms. The average molecular weight is 449 g/mol.